The molecule has 6 heteroatoms. The van der Waals surface area contributed by atoms with Crippen LogP contribution in [-0.4, -0.2) is 23.6 Å². The van der Waals surface area contributed by atoms with Gasteiger partial charge in [-0.25, -0.2) is 5.84 Å². The van der Waals surface area contributed by atoms with E-state index in [2.05, 4.69) is 0 Å². The van der Waals surface area contributed by atoms with Crippen LogP contribution in [0.1, 0.15) is 13.8 Å². The van der Waals surface area contributed by atoms with Crippen molar-refractivity contribution in [3.63, 3.8) is 0 Å². The lowest BCUT2D eigenvalue weighted by molar-refractivity contribution is -0.163. The maximum atomic E-state index is 11.7. The van der Waals surface area contributed by atoms with E-state index in [1.54, 1.807) is 0 Å². The van der Waals surface area contributed by atoms with Crippen LogP contribution in [-0.2, 0) is 4.79 Å². The molecule has 0 heterocycles. The maximum Gasteiger partial charge on any atom is 0.407 e. The summed E-state index contributed by atoms with van der Waals surface area (Å²) in [5.74, 6) is 3.64. The minimum Gasteiger partial charge on any atom is -0.273 e. The summed E-state index contributed by atoms with van der Waals surface area (Å²) >= 11 is 0. The topological polar surface area (TPSA) is 46.3 Å². The molecule has 0 spiro atoms. The standard InChI is InChI=1S/C6H11F3N2O/c1-4(2)5(12)11(10)3-6(7,8)9/h4H,3,10H2,1-2H3. The third-order valence-electron chi connectivity index (χ3n) is 1.13. The molecule has 0 bridgehead atoms. The van der Waals surface area contributed by atoms with Gasteiger partial charge in [0.05, 0.1) is 0 Å². The summed E-state index contributed by atoms with van der Waals surface area (Å²) in [7, 11) is 0. The number of halogens is 3. The van der Waals surface area contributed by atoms with Crippen LogP contribution in [0.4, 0.5) is 13.2 Å². The van der Waals surface area contributed by atoms with Gasteiger partial charge in [0.2, 0.25) is 5.91 Å². The number of amides is 1. The fourth-order valence-corrected chi connectivity index (χ4v) is 0.603. The molecule has 0 aliphatic carbocycles. The van der Waals surface area contributed by atoms with Crippen molar-refractivity contribution < 1.29 is 18.0 Å². The lowest BCUT2D eigenvalue weighted by Gasteiger charge is -2.19. The van der Waals surface area contributed by atoms with Gasteiger partial charge in [0.1, 0.15) is 6.54 Å². The number of rotatable bonds is 2. The molecular weight excluding hydrogens is 173 g/mol. The van der Waals surface area contributed by atoms with Gasteiger partial charge in [-0.1, -0.05) is 13.8 Å². The van der Waals surface area contributed by atoms with E-state index in [1.807, 2.05) is 0 Å². The Labute approximate surface area is 68.3 Å². The molecule has 0 atom stereocenters. The molecule has 0 aromatic carbocycles. The molecule has 0 aromatic rings. The van der Waals surface area contributed by atoms with Crippen LogP contribution in [0, 0.1) is 5.92 Å². The monoisotopic (exact) mass is 184 g/mol. The number of hydrogen-bond donors (Lipinski definition) is 1. The van der Waals surface area contributed by atoms with Gasteiger partial charge in [-0.2, -0.15) is 13.2 Å². The Hall–Kier alpha value is -0.780. The molecule has 0 aromatic heterocycles. The summed E-state index contributed by atoms with van der Waals surface area (Å²) in [6.45, 7) is 1.57. The predicted molar refractivity (Wildman–Crippen MR) is 36.8 cm³/mol. The average molecular weight is 184 g/mol. The fraction of sp³-hybridized carbons (Fsp3) is 0.833. The largest absolute Gasteiger partial charge is 0.407 e. The Balaban J connectivity index is 4.05. The second-order valence-electron chi connectivity index (χ2n) is 2.74. The van der Waals surface area contributed by atoms with Gasteiger partial charge in [0.15, 0.2) is 0 Å². The van der Waals surface area contributed by atoms with E-state index in [1.165, 1.54) is 13.8 Å². The van der Waals surface area contributed by atoms with Gasteiger partial charge in [-0.15, -0.1) is 0 Å². The highest BCUT2D eigenvalue weighted by molar-refractivity contribution is 5.77. The minimum atomic E-state index is -4.43. The van der Waals surface area contributed by atoms with Crippen LogP contribution in [0.2, 0.25) is 0 Å². The number of hydrogen-bond acceptors (Lipinski definition) is 2. The molecule has 0 unspecified atom stereocenters. The second-order valence-corrected chi connectivity index (χ2v) is 2.74. The van der Waals surface area contributed by atoms with Crippen molar-refractivity contribution in [2.45, 2.75) is 20.0 Å². The quantitative estimate of drug-likeness (QED) is 0.394. The highest BCUT2D eigenvalue weighted by Gasteiger charge is 2.32. The van der Waals surface area contributed by atoms with E-state index in [0.717, 1.165) is 0 Å². The van der Waals surface area contributed by atoms with Gasteiger partial charge in [0, 0.05) is 5.92 Å². The zero-order valence-corrected chi connectivity index (χ0v) is 6.85. The molecular formula is C6H11F3N2O. The summed E-state index contributed by atoms with van der Waals surface area (Å²) in [6, 6.07) is 0. The second kappa shape index (κ2) is 3.75. The molecule has 3 nitrogen and oxygen atoms in total. The molecule has 0 saturated carbocycles. The summed E-state index contributed by atoms with van der Waals surface area (Å²) in [6.07, 6.45) is -4.43. The molecule has 0 fully saturated rings. The Kier molecular flexibility index (Phi) is 3.51. The van der Waals surface area contributed by atoms with Crippen LogP contribution in [0.15, 0.2) is 0 Å². The molecule has 0 aliphatic heterocycles. The average Bonchev–Trinajstić information content (AvgIpc) is 1.82. The first-order valence-corrected chi connectivity index (χ1v) is 3.37. The Morgan fingerprint density at radius 1 is 1.50 bits per heavy atom. The number of hydrazine groups is 1. The van der Waals surface area contributed by atoms with Gasteiger partial charge < -0.3 is 0 Å². The van der Waals surface area contributed by atoms with Crippen molar-refractivity contribution >= 4 is 5.91 Å². The number of nitrogens with two attached hydrogens (primary N) is 1. The molecule has 1 amide bonds. The van der Waals surface area contributed by atoms with Crippen LogP contribution in [0.3, 0.4) is 0 Å². The Morgan fingerprint density at radius 2 is 1.92 bits per heavy atom. The van der Waals surface area contributed by atoms with Gasteiger partial charge >= 0.3 is 6.18 Å². The summed E-state index contributed by atoms with van der Waals surface area (Å²) < 4.78 is 35.0. The third-order valence-corrected chi connectivity index (χ3v) is 1.13. The zero-order chi connectivity index (χ0) is 9.94. The zero-order valence-electron chi connectivity index (χ0n) is 6.85. The third kappa shape index (κ3) is 4.17. The molecule has 0 aliphatic rings. The van der Waals surface area contributed by atoms with E-state index in [9.17, 15) is 18.0 Å². The van der Waals surface area contributed by atoms with Gasteiger partial charge in [-0.3, -0.25) is 9.80 Å². The summed E-state index contributed by atoms with van der Waals surface area (Å²) in [5.41, 5.74) is 0. The van der Waals surface area contributed by atoms with Crippen LogP contribution >= 0.6 is 0 Å². The summed E-state index contributed by atoms with van der Waals surface area (Å²) in [4.78, 5) is 10.8. The Bertz CT molecular complexity index is 167. The normalized spacial score (nSPS) is 11.9. The number of nitrogens with zero attached hydrogens (tertiary/aromatic N) is 1. The molecule has 0 radical (unpaired) electrons. The van der Waals surface area contributed by atoms with Crippen molar-refractivity contribution in [3.05, 3.63) is 0 Å². The van der Waals surface area contributed by atoms with Crippen LogP contribution in [0.25, 0.3) is 0 Å². The van der Waals surface area contributed by atoms with E-state index in [-0.39, 0.29) is 5.01 Å². The van der Waals surface area contributed by atoms with Crippen molar-refractivity contribution in [2.75, 3.05) is 6.54 Å². The highest BCUT2D eigenvalue weighted by Crippen LogP contribution is 2.15. The molecule has 0 rings (SSSR count). The van der Waals surface area contributed by atoms with Crippen LogP contribution < -0.4 is 5.84 Å². The van der Waals surface area contributed by atoms with Crippen molar-refractivity contribution in [1.29, 1.82) is 0 Å². The number of carbonyl (C=O) groups is 1. The fourth-order valence-electron chi connectivity index (χ4n) is 0.603. The maximum absolute atomic E-state index is 11.7. The van der Waals surface area contributed by atoms with E-state index >= 15 is 0 Å². The van der Waals surface area contributed by atoms with Crippen molar-refractivity contribution in [3.8, 4) is 0 Å². The lowest BCUT2D eigenvalue weighted by Crippen LogP contribution is -2.45. The van der Waals surface area contributed by atoms with E-state index < -0.39 is 24.5 Å². The molecule has 12 heavy (non-hydrogen) atoms. The van der Waals surface area contributed by atoms with E-state index in [0.29, 0.717) is 0 Å². The molecule has 2 N–H and O–H groups in total. The molecule has 0 saturated heterocycles. The minimum absolute atomic E-state index is 0.185. The van der Waals surface area contributed by atoms with Crippen LogP contribution in [0.5, 0.6) is 0 Å². The Morgan fingerprint density at radius 3 is 2.17 bits per heavy atom. The van der Waals surface area contributed by atoms with Crippen molar-refractivity contribution in [2.24, 2.45) is 11.8 Å². The van der Waals surface area contributed by atoms with Crippen molar-refractivity contribution in [1.82, 2.24) is 5.01 Å². The van der Waals surface area contributed by atoms with E-state index in [4.69, 9.17) is 5.84 Å². The lowest BCUT2D eigenvalue weighted by atomic mass is 10.2. The first-order chi connectivity index (χ1) is 5.24. The number of carbonyl (C=O) groups excluding carboxylic acids is 1. The van der Waals surface area contributed by atoms with Gasteiger partial charge in [-0.05, 0) is 0 Å². The smallest absolute Gasteiger partial charge is 0.273 e. The molecule has 72 valence electrons. The highest BCUT2D eigenvalue weighted by atomic mass is 19.4. The van der Waals surface area contributed by atoms with Gasteiger partial charge in [0.25, 0.3) is 0 Å². The predicted octanol–water partition coefficient (Wildman–Crippen LogP) is 0.907. The number of alkyl halides is 3. The summed E-state index contributed by atoms with van der Waals surface area (Å²) in [5, 5.41) is 0.185. The first kappa shape index (κ1) is 11.2. The first-order valence-electron chi connectivity index (χ1n) is 3.37. The SMILES string of the molecule is CC(C)C(=O)N(N)CC(F)(F)F.